The molecule has 0 unspecified atom stereocenters. The molecule has 0 atom stereocenters. The van der Waals surface area contributed by atoms with Gasteiger partial charge in [0.2, 0.25) is 0 Å². The Morgan fingerprint density at radius 1 is 1.25 bits per heavy atom. The predicted octanol–water partition coefficient (Wildman–Crippen LogP) is 1.62. The van der Waals surface area contributed by atoms with Gasteiger partial charge in [0.1, 0.15) is 11.4 Å². The summed E-state index contributed by atoms with van der Waals surface area (Å²) in [7, 11) is 2.75. The average Bonchev–Trinajstić information content (AvgIpc) is 3.25. The average molecular weight is 332 g/mol. The molecule has 0 bridgehead atoms. The van der Waals surface area contributed by atoms with Crippen LogP contribution in [0.1, 0.15) is 51.0 Å². The van der Waals surface area contributed by atoms with Crippen molar-refractivity contribution < 1.29 is 18.8 Å². The van der Waals surface area contributed by atoms with Crippen LogP contribution >= 0.6 is 0 Å². The van der Waals surface area contributed by atoms with Gasteiger partial charge in [0.15, 0.2) is 0 Å². The molecule has 1 aromatic rings. The number of rotatable bonds is 4. The Hall–Kier alpha value is -1.60. The topological polar surface area (TPSA) is 60.9 Å². The Balaban J connectivity index is 1.98. The molecule has 0 radical (unpaired) electrons. The largest absolute Gasteiger partial charge is 0.497 e. The highest BCUT2D eigenvalue weighted by molar-refractivity contribution is 6.63. The zero-order valence-electron chi connectivity index (χ0n) is 15.3. The highest BCUT2D eigenvalue weighted by atomic mass is 16.7. The number of carbonyl (C=O) groups is 1. The van der Waals surface area contributed by atoms with E-state index in [0.29, 0.717) is 16.9 Å². The minimum Gasteiger partial charge on any atom is -0.489 e. The fourth-order valence-electron chi connectivity index (χ4n) is 2.44. The van der Waals surface area contributed by atoms with Gasteiger partial charge in [0, 0.05) is 19.6 Å². The lowest BCUT2D eigenvalue weighted by Gasteiger charge is -2.32. The highest BCUT2D eigenvalue weighted by Crippen LogP contribution is 2.37. The van der Waals surface area contributed by atoms with Crippen molar-refractivity contribution >= 4 is 18.5 Å². The van der Waals surface area contributed by atoms with E-state index in [-0.39, 0.29) is 12.0 Å². The fraction of sp³-hybridized carbons (Fsp3) is 0.647. The quantitative estimate of drug-likeness (QED) is 0.784. The number of pyridine rings is 1. The molecule has 1 saturated heterocycles. The summed E-state index contributed by atoms with van der Waals surface area (Å²) in [6.07, 6.45) is 3.98. The van der Waals surface area contributed by atoms with Crippen LogP contribution in [0.25, 0.3) is 0 Å². The lowest BCUT2D eigenvalue weighted by Crippen LogP contribution is -2.41. The third kappa shape index (κ3) is 3.15. The summed E-state index contributed by atoms with van der Waals surface area (Å²) in [6, 6.07) is 1.82. The second-order valence-corrected chi connectivity index (χ2v) is 7.71. The van der Waals surface area contributed by atoms with Gasteiger partial charge in [0.25, 0.3) is 5.91 Å². The predicted molar refractivity (Wildman–Crippen MR) is 91.6 cm³/mol. The fourth-order valence-corrected chi connectivity index (χ4v) is 2.44. The first-order valence-electron chi connectivity index (χ1n) is 8.34. The van der Waals surface area contributed by atoms with Crippen LogP contribution in [-0.4, -0.2) is 54.3 Å². The van der Waals surface area contributed by atoms with Gasteiger partial charge < -0.3 is 18.9 Å². The molecular formula is C17H25BN2O4. The molecule has 2 heterocycles. The maximum atomic E-state index is 12.5. The minimum absolute atomic E-state index is 0.183. The molecule has 24 heavy (non-hydrogen) atoms. The molecule has 0 spiro atoms. The van der Waals surface area contributed by atoms with E-state index in [1.54, 1.807) is 20.3 Å². The van der Waals surface area contributed by atoms with Crippen molar-refractivity contribution in [3.05, 3.63) is 18.0 Å². The van der Waals surface area contributed by atoms with Gasteiger partial charge in [-0.05, 0) is 46.6 Å². The maximum absolute atomic E-state index is 12.5. The van der Waals surface area contributed by atoms with Crippen LogP contribution < -0.4 is 10.2 Å². The van der Waals surface area contributed by atoms with Gasteiger partial charge in [-0.25, -0.2) is 4.98 Å². The lowest BCUT2D eigenvalue weighted by molar-refractivity contribution is 0.00578. The summed E-state index contributed by atoms with van der Waals surface area (Å²) in [5.41, 5.74) is -0.0143. The van der Waals surface area contributed by atoms with E-state index in [0.717, 1.165) is 12.8 Å². The second kappa shape index (κ2) is 5.74. The second-order valence-electron chi connectivity index (χ2n) is 7.71. The van der Waals surface area contributed by atoms with Crippen molar-refractivity contribution in [1.29, 1.82) is 0 Å². The maximum Gasteiger partial charge on any atom is 0.497 e. The van der Waals surface area contributed by atoms with Gasteiger partial charge in [-0.3, -0.25) is 4.79 Å². The van der Waals surface area contributed by atoms with E-state index in [1.165, 1.54) is 4.90 Å². The first-order chi connectivity index (χ1) is 11.1. The van der Waals surface area contributed by atoms with Gasteiger partial charge >= 0.3 is 7.12 Å². The van der Waals surface area contributed by atoms with Crippen molar-refractivity contribution in [3.63, 3.8) is 0 Å². The van der Waals surface area contributed by atoms with Gasteiger partial charge in [-0.2, -0.15) is 0 Å². The number of aromatic nitrogens is 1. The molecule has 0 N–H and O–H groups in total. The van der Waals surface area contributed by atoms with E-state index >= 15 is 0 Å². The van der Waals surface area contributed by atoms with Crippen molar-refractivity contribution in [2.45, 2.75) is 57.8 Å². The standard InChI is InChI=1S/C17H25BN2O4/c1-16(2)17(3,4)24-18(23-16)13-9-12(22-11-7-8-11)10-19-14(13)15(21)20(5)6/h9-11H,7-8H2,1-6H3. The van der Waals surface area contributed by atoms with Crippen LogP contribution in [0, 0.1) is 0 Å². The monoisotopic (exact) mass is 332 g/mol. The Labute approximate surface area is 143 Å². The molecule has 1 aliphatic carbocycles. The third-order valence-corrected chi connectivity index (χ3v) is 4.84. The van der Waals surface area contributed by atoms with Crippen LogP contribution in [0.15, 0.2) is 12.3 Å². The summed E-state index contributed by atoms with van der Waals surface area (Å²) in [5.74, 6) is 0.468. The summed E-state index contributed by atoms with van der Waals surface area (Å²) < 4.78 is 18.0. The third-order valence-electron chi connectivity index (χ3n) is 4.84. The molecule has 1 aromatic heterocycles. The number of carbonyl (C=O) groups excluding carboxylic acids is 1. The van der Waals surface area contributed by atoms with Crippen LogP contribution in [-0.2, 0) is 9.31 Å². The van der Waals surface area contributed by atoms with Crippen molar-refractivity contribution in [2.75, 3.05) is 14.1 Å². The van der Waals surface area contributed by atoms with Crippen molar-refractivity contribution in [1.82, 2.24) is 9.88 Å². The van der Waals surface area contributed by atoms with Crippen LogP contribution in [0.2, 0.25) is 0 Å². The van der Waals surface area contributed by atoms with Gasteiger partial charge in [-0.1, -0.05) is 0 Å². The number of hydrogen-bond donors (Lipinski definition) is 0. The minimum atomic E-state index is -0.649. The summed E-state index contributed by atoms with van der Waals surface area (Å²) in [6.45, 7) is 7.94. The Kier molecular flexibility index (Phi) is 4.12. The van der Waals surface area contributed by atoms with E-state index in [9.17, 15) is 4.79 Å². The molecule has 1 aliphatic heterocycles. The summed E-state index contributed by atoms with van der Waals surface area (Å²) in [5, 5.41) is 0. The van der Waals surface area contributed by atoms with E-state index in [4.69, 9.17) is 14.0 Å². The zero-order valence-corrected chi connectivity index (χ0v) is 15.3. The molecule has 2 aliphatic rings. The first kappa shape index (κ1) is 17.2. The van der Waals surface area contributed by atoms with Crippen LogP contribution in [0.3, 0.4) is 0 Å². The molecule has 0 aromatic carbocycles. The molecule has 6 nitrogen and oxygen atoms in total. The normalized spacial score (nSPS) is 21.7. The van der Waals surface area contributed by atoms with Crippen molar-refractivity contribution in [3.8, 4) is 5.75 Å². The van der Waals surface area contributed by atoms with Crippen LogP contribution in [0.4, 0.5) is 0 Å². The highest BCUT2D eigenvalue weighted by Gasteiger charge is 2.53. The van der Waals surface area contributed by atoms with E-state index < -0.39 is 18.3 Å². The molecule has 1 saturated carbocycles. The number of amides is 1. The first-order valence-corrected chi connectivity index (χ1v) is 8.34. The molecule has 7 heteroatoms. The van der Waals surface area contributed by atoms with Crippen molar-refractivity contribution in [2.24, 2.45) is 0 Å². The molecule has 130 valence electrons. The lowest BCUT2D eigenvalue weighted by atomic mass is 9.77. The van der Waals surface area contributed by atoms with Gasteiger partial charge in [0.05, 0.1) is 23.5 Å². The SMILES string of the molecule is CN(C)C(=O)c1ncc(OC2CC2)cc1B1OC(C)(C)C(C)(C)O1. The number of ether oxygens (including phenoxy) is 1. The molecule has 1 amide bonds. The smallest absolute Gasteiger partial charge is 0.489 e. The zero-order chi connectivity index (χ0) is 17.7. The van der Waals surface area contributed by atoms with Gasteiger partial charge in [-0.15, -0.1) is 0 Å². The number of nitrogens with zero attached hydrogens (tertiary/aromatic N) is 2. The Bertz CT molecular complexity index is 640. The van der Waals surface area contributed by atoms with E-state index in [1.807, 2.05) is 33.8 Å². The Morgan fingerprint density at radius 2 is 1.83 bits per heavy atom. The molecule has 3 rings (SSSR count). The summed E-state index contributed by atoms with van der Waals surface area (Å²) in [4.78, 5) is 18.3. The number of hydrogen-bond acceptors (Lipinski definition) is 5. The summed E-state index contributed by atoms with van der Waals surface area (Å²) >= 11 is 0. The Morgan fingerprint density at radius 3 is 2.33 bits per heavy atom. The molecule has 2 fully saturated rings. The molecular weight excluding hydrogens is 307 g/mol. The van der Waals surface area contributed by atoms with E-state index in [2.05, 4.69) is 4.98 Å². The van der Waals surface area contributed by atoms with Crippen LogP contribution in [0.5, 0.6) is 5.75 Å².